The van der Waals surface area contributed by atoms with Gasteiger partial charge in [0.05, 0.1) is 4.88 Å². The number of hydrogen-bond acceptors (Lipinski definition) is 4. The zero-order valence-electron chi connectivity index (χ0n) is 13.8. The summed E-state index contributed by atoms with van der Waals surface area (Å²) in [6, 6.07) is 3.70. The second kappa shape index (κ2) is 14.7. The first-order chi connectivity index (χ1) is 10.8. The molecule has 0 aliphatic rings. The van der Waals surface area contributed by atoms with Crippen molar-refractivity contribution in [3.8, 4) is 0 Å². The maximum atomic E-state index is 11.7. The van der Waals surface area contributed by atoms with Gasteiger partial charge in [-0.1, -0.05) is 6.07 Å². The molecule has 8 heteroatoms. The number of nitrogens with one attached hydrogen (secondary N) is 3. The first kappa shape index (κ1) is 22.1. The van der Waals surface area contributed by atoms with Gasteiger partial charge in [-0.15, -0.1) is 35.3 Å². The van der Waals surface area contributed by atoms with Gasteiger partial charge in [-0.3, -0.25) is 9.79 Å². The Hall–Kier alpha value is -0.870. The molecule has 0 unspecified atom stereocenters. The second-order valence-electron chi connectivity index (χ2n) is 4.56. The third kappa shape index (κ3) is 10.5. The van der Waals surface area contributed by atoms with E-state index in [-0.39, 0.29) is 29.9 Å². The van der Waals surface area contributed by atoms with Crippen LogP contribution in [-0.2, 0) is 4.74 Å². The molecule has 0 atom stereocenters. The number of amides is 1. The van der Waals surface area contributed by atoms with E-state index >= 15 is 0 Å². The van der Waals surface area contributed by atoms with E-state index in [9.17, 15) is 4.79 Å². The number of carbonyl (C=O) groups is 1. The average molecular weight is 454 g/mol. The van der Waals surface area contributed by atoms with Crippen molar-refractivity contribution < 1.29 is 9.53 Å². The van der Waals surface area contributed by atoms with Crippen molar-refractivity contribution >= 4 is 47.2 Å². The van der Waals surface area contributed by atoms with E-state index in [1.54, 1.807) is 7.05 Å². The van der Waals surface area contributed by atoms with Gasteiger partial charge in [-0.2, -0.15) is 0 Å². The fourth-order valence-corrected chi connectivity index (χ4v) is 2.38. The highest BCUT2D eigenvalue weighted by molar-refractivity contribution is 14.0. The molecular formula is C15H27IN4O2S. The van der Waals surface area contributed by atoms with Gasteiger partial charge in [0.1, 0.15) is 0 Å². The summed E-state index contributed by atoms with van der Waals surface area (Å²) in [5, 5.41) is 11.2. The average Bonchev–Trinajstić information content (AvgIpc) is 3.06. The highest BCUT2D eigenvalue weighted by Crippen LogP contribution is 2.07. The number of halogens is 1. The topological polar surface area (TPSA) is 74.8 Å². The number of guanidine groups is 1. The van der Waals surface area contributed by atoms with Crippen molar-refractivity contribution in [3.63, 3.8) is 0 Å². The number of ether oxygens (including phenoxy) is 1. The number of hydrogen-bond donors (Lipinski definition) is 3. The van der Waals surface area contributed by atoms with Gasteiger partial charge in [0.2, 0.25) is 0 Å². The highest BCUT2D eigenvalue weighted by atomic mass is 127. The molecule has 0 aliphatic heterocycles. The maximum Gasteiger partial charge on any atom is 0.261 e. The molecule has 0 aliphatic carbocycles. The summed E-state index contributed by atoms with van der Waals surface area (Å²) in [5.41, 5.74) is 0. The molecule has 0 fully saturated rings. The molecule has 1 heterocycles. The van der Waals surface area contributed by atoms with Gasteiger partial charge >= 0.3 is 0 Å². The van der Waals surface area contributed by atoms with Gasteiger partial charge in [-0.05, 0) is 31.2 Å². The Morgan fingerprint density at radius 3 is 2.52 bits per heavy atom. The molecule has 0 saturated heterocycles. The van der Waals surface area contributed by atoms with Crippen molar-refractivity contribution in [2.24, 2.45) is 4.99 Å². The third-order valence-electron chi connectivity index (χ3n) is 2.86. The zero-order chi connectivity index (χ0) is 16.0. The van der Waals surface area contributed by atoms with Crippen LogP contribution in [0.4, 0.5) is 0 Å². The summed E-state index contributed by atoms with van der Waals surface area (Å²) in [5.74, 6) is 0.773. The second-order valence-corrected chi connectivity index (χ2v) is 5.51. The smallest absolute Gasteiger partial charge is 0.261 e. The van der Waals surface area contributed by atoms with Crippen LogP contribution >= 0.6 is 35.3 Å². The van der Waals surface area contributed by atoms with Crippen LogP contribution in [-0.4, -0.2) is 51.8 Å². The molecule has 0 aromatic carbocycles. The van der Waals surface area contributed by atoms with E-state index in [0.717, 1.165) is 50.0 Å². The number of aliphatic imine (C=N–C) groups is 1. The predicted octanol–water partition coefficient (Wildman–Crippen LogP) is 2.08. The largest absolute Gasteiger partial charge is 0.382 e. The molecule has 1 aromatic heterocycles. The molecule has 0 spiro atoms. The fourth-order valence-electron chi connectivity index (χ4n) is 1.74. The lowest BCUT2D eigenvalue weighted by molar-refractivity contribution is 0.0957. The lowest BCUT2D eigenvalue weighted by Gasteiger charge is -2.12. The van der Waals surface area contributed by atoms with E-state index < -0.39 is 0 Å². The molecule has 3 N–H and O–H groups in total. The van der Waals surface area contributed by atoms with Gasteiger partial charge < -0.3 is 20.7 Å². The Balaban J connectivity index is 0.00000484. The van der Waals surface area contributed by atoms with Crippen LogP contribution in [0.2, 0.25) is 0 Å². The van der Waals surface area contributed by atoms with E-state index in [0.29, 0.717) is 6.54 Å². The number of rotatable bonds is 10. The molecule has 1 amide bonds. The summed E-state index contributed by atoms with van der Waals surface area (Å²) in [6.07, 6.45) is 1.79. The minimum absolute atomic E-state index is 0. The number of nitrogens with zero attached hydrogens (tertiary/aromatic N) is 1. The normalized spacial score (nSPS) is 10.8. The molecular weight excluding hydrogens is 427 g/mol. The summed E-state index contributed by atoms with van der Waals surface area (Å²) in [4.78, 5) is 16.6. The Labute approximate surface area is 159 Å². The highest BCUT2D eigenvalue weighted by Gasteiger charge is 2.04. The summed E-state index contributed by atoms with van der Waals surface area (Å²) < 4.78 is 5.28. The SMILES string of the molecule is CCOCCCNC(=NC)NCCCNC(=O)c1cccs1.I. The Morgan fingerprint density at radius 2 is 1.91 bits per heavy atom. The van der Waals surface area contributed by atoms with Crippen LogP contribution in [0.25, 0.3) is 0 Å². The van der Waals surface area contributed by atoms with Crippen LogP contribution in [0, 0.1) is 0 Å². The van der Waals surface area contributed by atoms with Crippen LogP contribution in [0.3, 0.4) is 0 Å². The van der Waals surface area contributed by atoms with E-state index in [1.165, 1.54) is 11.3 Å². The molecule has 1 rings (SSSR count). The van der Waals surface area contributed by atoms with Crippen LogP contribution in [0.1, 0.15) is 29.4 Å². The third-order valence-corrected chi connectivity index (χ3v) is 3.73. The monoisotopic (exact) mass is 454 g/mol. The van der Waals surface area contributed by atoms with Gasteiger partial charge in [-0.25, -0.2) is 0 Å². The van der Waals surface area contributed by atoms with Gasteiger partial charge in [0, 0.05) is 39.9 Å². The molecule has 0 bridgehead atoms. The summed E-state index contributed by atoms with van der Waals surface area (Å²) in [6.45, 7) is 5.74. The minimum Gasteiger partial charge on any atom is -0.382 e. The first-order valence-electron chi connectivity index (χ1n) is 7.62. The quantitative estimate of drug-likeness (QED) is 0.219. The number of thiophene rings is 1. The number of carbonyl (C=O) groups excluding carboxylic acids is 1. The Morgan fingerprint density at radius 1 is 1.22 bits per heavy atom. The van der Waals surface area contributed by atoms with Crippen LogP contribution in [0.15, 0.2) is 22.5 Å². The summed E-state index contributed by atoms with van der Waals surface area (Å²) >= 11 is 1.45. The van der Waals surface area contributed by atoms with Crippen molar-refractivity contribution in [1.82, 2.24) is 16.0 Å². The zero-order valence-corrected chi connectivity index (χ0v) is 16.9. The molecule has 23 heavy (non-hydrogen) atoms. The lowest BCUT2D eigenvalue weighted by atomic mass is 10.4. The van der Waals surface area contributed by atoms with Gasteiger partial charge in [0.15, 0.2) is 5.96 Å². The molecule has 0 radical (unpaired) electrons. The van der Waals surface area contributed by atoms with Crippen molar-refractivity contribution in [1.29, 1.82) is 0 Å². The predicted molar refractivity (Wildman–Crippen MR) is 107 cm³/mol. The van der Waals surface area contributed by atoms with Crippen molar-refractivity contribution in [3.05, 3.63) is 22.4 Å². The van der Waals surface area contributed by atoms with Crippen molar-refractivity contribution in [2.75, 3.05) is 39.9 Å². The maximum absolute atomic E-state index is 11.7. The molecule has 1 aromatic rings. The van der Waals surface area contributed by atoms with E-state index in [1.807, 2.05) is 24.4 Å². The Kier molecular flexibility index (Phi) is 14.1. The van der Waals surface area contributed by atoms with Crippen LogP contribution < -0.4 is 16.0 Å². The van der Waals surface area contributed by atoms with Gasteiger partial charge in [0.25, 0.3) is 5.91 Å². The van der Waals surface area contributed by atoms with Crippen molar-refractivity contribution in [2.45, 2.75) is 19.8 Å². The summed E-state index contributed by atoms with van der Waals surface area (Å²) in [7, 11) is 1.75. The Bertz CT molecular complexity index is 441. The van der Waals surface area contributed by atoms with Crippen LogP contribution in [0.5, 0.6) is 0 Å². The fraction of sp³-hybridized carbons (Fsp3) is 0.600. The molecule has 0 saturated carbocycles. The first-order valence-corrected chi connectivity index (χ1v) is 8.49. The molecule has 6 nitrogen and oxygen atoms in total. The molecule has 132 valence electrons. The lowest BCUT2D eigenvalue weighted by Crippen LogP contribution is -2.39. The van der Waals surface area contributed by atoms with E-state index in [2.05, 4.69) is 20.9 Å². The standard InChI is InChI=1S/C15H26N4O2S.HI/c1-3-21-11-6-10-19-15(16-2)18-9-5-8-17-14(20)13-7-4-12-22-13;/h4,7,12H,3,5-6,8-11H2,1-2H3,(H,17,20)(H2,16,18,19);1H. The minimum atomic E-state index is -0.00608. The van der Waals surface area contributed by atoms with E-state index in [4.69, 9.17) is 4.74 Å².